The summed E-state index contributed by atoms with van der Waals surface area (Å²) in [5, 5.41) is 3.49. The highest BCUT2D eigenvalue weighted by Gasteiger charge is 2.38. The van der Waals surface area contributed by atoms with Gasteiger partial charge in [-0.3, -0.25) is 4.79 Å². The molecule has 1 aliphatic rings. The van der Waals surface area contributed by atoms with Crippen LogP contribution in [0, 0.1) is 18.8 Å². The molecule has 2 unspecified atom stereocenters. The summed E-state index contributed by atoms with van der Waals surface area (Å²) in [6.45, 7) is 4.89. The van der Waals surface area contributed by atoms with Crippen molar-refractivity contribution in [3.8, 4) is 0 Å². The van der Waals surface area contributed by atoms with Gasteiger partial charge in [0.25, 0.3) is 0 Å². The molecule has 0 spiro atoms. The number of carbonyl (C=O) groups is 1. The predicted octanol–water partition coefficient (Wildman–Crippen LogP) is 4.75. The number of hydrogen-bond donors (Lipinski definition) is 1. The molecule has 0 radical (unpaired) electrons. The number of nitrogens with one attached hydrogen (secondary N) is 1. The minimum Gasteiger partial charge on any atom is -0.385 e. The van der Waals surface area contributed by atoms with E-state index in [9.17, 15) is 4.79 Å². The number of Topliss-reactive ketones (excluding diaryl/α,β-unsaturated/α-hetero) is 1. The molecule has 0 amide bonds. The Morgan fingerprint density at radius 2 is 2.10 bits per heavy atom. The Morgan fingerprint density at radius 3 is 2.81 bits per heavy atom. The zero-order valence-corrected chi connectivity index (χ0v) is 13.3. The first-order chi connectivity index (χ1) is 10.2. The molecule has 0 aromatic heterocycles. The van der Waals surface area contributed by atoms with Gasteiger partial charge in [-0.2, -0.15) is 0 Å². The second-order valence-corrected chi connectivity index (χ2v) is 6.14. The molecule has 1 aliphatic carbocycles. The first-order valence-corrected chi connectivity index (χ1v) is 8.15. The van der Waals surface area contributed by atoms with E-state index < -0.39 is 0 Å². The highest BCUT2D eigenvalue weighted by Crippen LogP contribution is 2.40. The number of allylic oxidation sites excluding steroid dienone is 2. The molecule has 0 aliphatic heterocycles. The molecule has 1 saturated carbocycles. The lowest BCUT2D eigenvalue weighted by Crippen LogP contribution is -2.02. The van der Waals surface area contributed by atoms with Crippen molar-refractivity contribution in [3.05, 3.63) is 42.0 Å². The third-order valence-electron chi connectivity index (χ3n) is 4.25. The van der Waals surface area contributed by atoms with E-state index in [1.807, 2.05) is 0 Å². The van der Waals surface area contributed by atoms with Crippen molar-refractivity contribution in [2.24, 2.45) is 11.8 Å². The quantitative estimate of drug-likeness (QED) is 0.524. The second kappa shape index (κ2) is 8.02. The van der Waals surface area contributed by atoms with Crippen LogP contribution in [0.4, 0.5) is 5.69 Å². The van der Waals surface area contributed by atoms with Crippen molar-refractivity contribution in [2.75, 3.05) is 11.9 Å². The number of aryl methyl sites for hydroxylation is 1. The molecule has 1 aromatic rings. The van der Waals surface area contributed by atoms with Crippen LogP contribution in [0.2, 0.25) is 0 Å². The van der Waals surface area contributed by atoms with Crippen LogP contribution in [0.15, 0.2) is 36.4 Å². The Labute approximate surface area is 128 Å². The second-order valence-electron chi connectivity index (χ2n) is 6.14. The van der Waals surface area contributed by atoms with Gasteiger partial charge in [-0.1, -0.05) is 36.8 Å². The van der Waals surface area contributed by atoms with Crippen LogP contribution in [0.25, 0.3) is 0 Å². The molecule has 21 heavy (non-hydrogen) atoms. The molecular formula is C19H27NO. The smallest absolute Gasteiger partial charge is 0.133 e. The van der Waals surface area contributed by atoms with Crippen molar-refractivity contribution in [1.29, 1.82) is 0 Å². The van der Waals surface area contributed by atoms with Gasteiger partial charge in [-0.05, 0) is 57.1 Å². The fourth-order valence-corrected chi connectivity index (χ4v) is 2.72. The predicted molar refractivity (Wildman–Crippen MR) is 89.6 cm³/mol. The lowest BCUT2D eigenvalue weighted by molar-refractivity contribution is -0.118. The van der Waals surface area contributed by atoms with Gasteiger partial charge in [0.2, 0.25) is 0 Å². The summed E-state index contributed by atoms with van der Waals surface area (Å²) in [6.07, 6.45) is 10.4. The van der Waals surface area contributed by atoms with Crippen molar-refractivity contribution >= 4 is 11.5 Å². The monoisotopic (exact) mass is 285 g/mol. The van der Waals surface area contributed by atoms with Gasteiger partial charge in [-0.25, -0.2) is 0 Å². The van der Waals surface area contributed by atoms with Crippen molar-refractivity contribution < 1.29 is 4.79 Å². The molecule has 1 fully saturated rings. The SMILES string of the molecule is CC(=O)C1CC1/C=C\CCCCCNc1ccccc1C. The maximum absolute atomic E-state index is 11.1. The van der Waals surface area contributed by atoms with Gasteiger partial charge >= 0.3 is 0 Å². The molecule has 2 nitrogen and oxygen atoms in total. The van der Waals surface area contributed by atoms with Crippen LogP contribution in [-0.2, 0) is 4.79 Å². The Bertz CT molecular complexity index is 492. The first-order valence-electron chi connectivity index (χ1n) is 8.15. The summed E-state index contributed by atoms with van der Waals surface area (Å²) in [4.78, 5) is 11.1. The van der Waals surface area contributed by atoms with Gasteiger partial charge in [0.15, 0.2) is 0 Å². The summed E-state index contributed by atoms with van der Waals surface area (Å²) < 4.78 is 0. The van der Waals surface area contributed by atoms with E-state index >= 15 is 0 Å². The fourth-order valence-electron chi connectivity index (χ4n) is 2.72. The Balaban J connectivity index is 1.48. The van der Waals surface area contributed by atoms with Crippen LogP contribution < -0.4 is 5.32 Å². The van der Waals surface area contributed by atoms with E-state index in [4.69, 9.17) is 0 Å². The highest BCUT2D eigenvalue weighted by atomic mass is 16.1. The summed E-state index contributed by atoms with van der Waals surface area (Å²) in [5.74, 6) is 1.23. The molecule has 2 heteroatoms. The molecule has 1 aromatic carbocycles. The van der Waals surface area contributed by atoms with Crippen LogP contribution in [0.5, 0.6) is 0 Å². The molecule has 1 N–H and O–H groups in total. The van der Waals surface area contributed by atoms with Gasteiger partial charge in [-0.15, -0.1) is 0 Å². The zero-order valence-electron chi connectivity index (χ0n) is 13.3. The first kappa shape index (κ1) is 15.8. The van der Waals surface area contributed by atoms with E-state index in [1.54, 1.807) is 6.92 Å². The lowest BCUT2D eigenvalue weighted by Gasteiger charge is -2.08. The highest BCUT2D eigenvalue weighted by molar-refractivity contribution is 5.81. The molecular weight excluding hydrogens is 258 g/mol. The van der Waals surface area contributed by atoms with Crippen LogP contribution in [0.3, 0.4) is 0 Å². The minimum absolute atomic E-state index is 0.333. The van der Waals surface area contributed by atoms with Crippen LogP contribution >= 0.6 is 0 Å². The number of para-hydroxylation sites is 1. The van der Waals surface area contributed by atoms with Crippen LogP contribution in [-0.4, -0.2) is 12.3 Å². The molecule has 2 rings (SSSR count). The molecule has 2 atom stereocenters. The van der Waals surface area contributed by atoms with Crippen molar-refractivity contribution in [3.63, 3.8) is 0 Å². The van der Waals surface area contributed by atoms with E-state index in [0.717, 1.165) is 19.4 Å². The van der Waals surface area contributed by atoms with Gasteiger partial charge in [0.1, 0.15) is 5.78 Å². The maximum Gasteiger partial charge on any atom is 0.133 e. The van der Waals surface area contributed by atoms with Gasteiger partial charge < -0.3 is 5.32 Å². The molecule has 0 bridgehead atoms. The maximum atomic E-state index is 11.1. The largest absolute Gasteiger partial charge is 0.385 e. The van der Waals surface area contributed by atoms with Crippen LogP contribution in [0.1, 0.15) is 44.6 Å². The number of anilines is 1. The van der Waals surface area contributed by atoms with Gasteiger partial charge in [0.05, 0.1) is 0 Å². The standard InChI is InChI=1S/C19H27NO/c1-15-10-7-8-12-19(15)20-13-9-5-3-4-6-11-17-14-18(17)16(2)21/h6-8,10-12,17-18,20H,3-5,9,13-14H2,1-2H3/b11-6-. The fraction of sp³-hybridized carbons (Fsp3) is 0.526. The molecule has 114 valence electrons. The van der Waals surface area contributed by atoms with E-state index in [1.165, 1.54) is 30.5 Å². The lowest BCUT2D eigenvalue weighted by atomic mass is 10.1. The third-order valence-corrected chi connectivity index (χ3v) is 4.25. The topological polar surface area (TPSA) is 29.1 Å². The number of benzene rings is 1. The average molecular weight is 285 g/mol. The Kier molecular flexibility index (Phi) is 6.04. The Morgan fingerprint density at radius 1 is 1.29 bits per heavy atom. The number of carbonyl (C=O) groups excluding carboxylic acids is 1. The minimum atomic E-state index is 0.333. The summed E-state index contributed by atoms with van der Waals surface area (Å²) in [5.41, 5.74) is 2.56. The number of unbranched alkanes of at least 4 members (excludes halogenated alkanes) is 3. The number of rotatable bonds is 9. The van der Waals surface area contributed by atoms with E-state index in [2.05, 4.69) is 48.7 Å². The van der Waals surface area contributed by atoms with Crippen molar-refractivity contribution in [2.45, 2.75) is 46.0 Å². The van der Waals surface area contributed by atoms with Gasteiger partial charge in [0, 0.05) is 18.2 Å². The van der Waals surface area contributed by atoms with E-state index in [0.29, 0.717) is 17.6 Å². The normalized spacial score (nSPS) is 20.7. The number of ketones is 1. The average Bonchev–Trinajstić information content (AvgIpc) is 3.23. The van der Waals surface area contributed by atoms with E-state index in [-0.39, 0.29) is 0 Å². The summed E-state index contributed by atoms with van der Waals surface area (Å²) >= 11 is 0. The molecule has 0 heterocycles. The van der Waals surface area contributed by atoms with Crippen molar-refractivity contribution in [1.82, 2.24) is 0 Å². The molecule has 0 saturated heterocycles. The third kappa shape index (κ3) is 5.37. The summed E-state index contributed by atoms with van der Waals surface area (Å²) in [7, 11) is 0. The number of hydrogen-bond acceptors (Lipinski definition) is 2. The zero-order chi connectivity index (χ0) is 15.1. The summed E-state index contributed by atoms with van der Waals surface area (Å²) in [6, 6.07) is 8.42. The Hall–Kier alpha value is -1.57.